The van der Waals surface area contributed by atoms with E-state index in [0.717, 1.165) is 0 Å². The minimum Gasteiger partial charge on any atom is -0.463 e. The van der Waals surface area contributed by atoms with Crippen molar-refractivity contribution in [1.29, 1.82) is 0 Å². The van der Waals surface area contributed by atoms with E-state index in [-0.39, 0.29) is 18.4 Å². The molecule has 0 aliphatic carbocycles. The Kier molecular flexibility index (Phi) is 6.15. The van der Waals surface area contributed by atoms with Crippen molar-refractivity contribution in [2.24, 2.45) is 0 Å². The predicted molar refractivity (Wildman–Crippen MR) is 60.5 cm³/mol. The minimum absolute atomic E-state index is 0.125. The number of rotatable bonds is 6. The molecule has 0 saturated heterocycles. The van der Waals surface area contributed by atoms with E-state index in [1.807, 2.05) is 0 Å². The zero-order valence-electron chi connectivity index (χ0n) is 10.1. The molecule has 0 aromatic heterocycles. The van der Waals surface area contributed by atoms with Crippen LogP contribution < -0.4 is 0 Å². The molecule has 0 aromatic rings. The molecule has 0 spiro atoms. The van der Waals surface area contributed by atoms with Crippen molar-refractivity contribution in [1.82, 2.24) is 0 Å². The van der Waals surface area contributed by atoms with Gasteiger partial charge >= 0.3 is 5.97 Å². The molecule has 0 aliphatic rings. The average Bonchev–Trinajstić information content (AvgIpc) is 2.00. The number of hydrogen-bond acceptors (Lipinski definition) is 4. The lowest BCUT2D eigenvalue weighted by molar-refractivity contribution is -0.144. The fourth-order valence-corrected chi connectivity index (χ4v) is 2.79. The highest BCUT2D eigenvalue weighted by atomic mass is 31.2. The van der Waals surface area contributed by atoms with Crippen molar-refractivity contribution in [3.05, 3.63) is 0 Å². The highest BCUT2D eigenvalue weighted by Gasteiger charge is 2.27. The Labute approximate surface area is 91.8 Å². The van der Waals surface area contributed by atoms with Crippen LogP contribution in [0.3, 0.4) is 0 Å². The number of hydrogen-bond donors (Lipinski definition) is 0. The maximum absolute atomic E-state index is 12.1. The van der Waals surface area contributed by atoms with E-state index in [2.05, 4.69) is 0 Å². The zero-order chi connectivity index (χ0) is 12.1. The van der Waals surface area contributed by atoms with Crippen LogP contribution in [0.1, 0.15) is 34.6 Å². The summed E-state index contributed by atoms with van der Waals surface area (Å²) in [5, 5.41) is 0. The van der Waals surface area contributed by atoms with Crippen LogP contribution in [0.4, 0.5) is 0 Å². The van der Waals surface area contributed by atoms with Gasteiger partial charge in [-0.05, 0) is 27.7 Å². The van der Waals surface area contributed by atoms with E-state index in [4.69, 9.17) is 9.26 Å². The van der Waals surface area contributed by atoms with Crippen molar-refractivity contribution in [3.8, 4) is 0 Å². The van der Waals surface area contributed by atoms with Gasteiger partial charge in [0.15, 0.2) is 0 Å². The Bertz CT molecular complexity index is 248. The standard InChI is InChI=1S/C10H21O4P/c1-6-15(12,14-9(4)5)7-10(11)13-8(2)3/h8-9H,6-7H2,1-5H3. The van der Waals surface area contributed by atoms with Crippen LogP contribution in [0.25, 0.3) is 0 Å². The number of carbonyl (C=O) groups is 1. The van der Waals surface area contributed by atoms with Gasteiger partial charge < -0.3 is 9.26 Å². The van der Waals surface area contributed by atoms with Crippen LogP contribution in [0.5, 0.6) is 0 Å². The fourth-order valence-electron chi connectivity index (χ4n) is 1.10. The number of esters is 1. The maximum atomic E-state index is 12.1. The van der Waals surface area contributed by atoms with E-state index in [9.17, 15) is 9.36 Å². The summed E-state index contributed by atoms with van der Waals surface area (Å²) >= 11 is 0. The molecular formula is C10H21O4P. The van der Waals surface area contributed by atoms with Gasteiger partial charge in [-0.3, -0.25) is 9.36 Å². The third-order valence-corrected chi connectivity index (χ3v) is 4.13. The van der Waals surface area contributed by atoms with E-state index in [1.54, 1.807) is 34.6 Å². The fraction of sp³-hybridized carbons (Fsp3) is 0.900. The van der Waals surface area contributed by atoms with Crippen LogP contribution in [0.2, 0.25) is 0 Å². The van der Waals surface area contributed by atoms with Gasteiger partial charge in [0.25, 0.3) is 0 Å². The molecule has 0 aliphatic heterocycles. The molecule has 0 radical (unpaired) electrons. The van der Waals surface area contributed by atoms with Gasteiger partial charge in [-0.15, -0.1) is 0 Å². The lowest BCUT2D eigenvalue weighted by Gasteiger charge is -2.19. The van der Waals surface area contributed by atoms with Crippen LogP contribution in [0.15, 0.2) is 0 Å². The molecule has 0 amide bonds. The summed E-state index contributed by atoms with van der Waals surface area (Å²) < 4.78 is 22.3. The van der Waals surface area contributed by atoms with Crippen LogP contribution in [-0.2, 0) is 18.6 Å². The Hall–Kier alpha value is -0.340. The molecule has 0 fully saturated rings. The first kappa shape index (κ1) is 14.7. The van der Waals surface area contributed by atoms with Gasteiger partial charge in [0.1, 0.15) is 6.16 Å². The molecule has 4 nitrogen and oxygen atoms in total. The van der Waals surface area contributed by atoms with Gasteiger partial charge in [-0.2, -0.15) is 0 Å². The highest BCUT2D eigenvalue weighted by molar-refractivity contribution is 7.59. The van der Waals surface area contributed by atoms with Crippen molar-refractivity contribution in [3.63, 3.8) is 0 Å². The summed E-state index contributed by atoms with van der Waals surface area (Å²) in [5.41, 5.74) is 0. The first-order valence-electron chi connectivity index (χ1n) is 5.25. The predicted octanol–water partition coefficient (Wildman–Crippen LogP) is 2.66. The van der Waals surface area contributed by atoms with E-state index in [0.29, 0.717) is 6.16 Å². The SMILES string of the molecule is CCP(=O)(CC(=O)OC(C)C)OC(C)C. The van der Waals surface area contributed by atoms with Crippen molar-refractivity contribution in [2.45, 2.75) is 46.8 Å². The molecular weight excluding hydrogens is 215 g/mol. The summed E-state index contributed by atoms with van der Waals surface area (Å²) in [4.78, 5) is 11.3. The summed E-state index contributed by atoms with van der Waals surface area (Å²) in [6.45, 7) is 8.88. The van der Waals surface area contributed by atoms with Gasteiger partial charge in [-0.1, -0.05) is 6.92 Å². The molecule has 15 heavy (non-hydrogen) atoms. The van der Waals surface area contributed by atoms with Gasteiger partial charge in [0.2, 0.25) is 7.37 Å². The van der Waals surface area contributed by atoms with Crippen molar-refractivity contribution >= 4 is 13.3 Å². The lowest BCUT2D eigenvalue weighted by Crippen LogP contribution is -2.18. The summed E-state index contributed by atoms with van der Waals surface area (Å²) in [5.74, 6) is -0.448. The average molecular weight is 236 g/mol. The van der Waals surface area contributed by atoms with E-state index < -0.39 is 13.3 Å². The molecule has 0 saturated carbocycles. The minimum atomic E-state index is -2.84. The second-order valence-electron chi connectivity index (χ2n) is 3.98. The van der Waals surface area contributed by atoms with Crippen LogP contribution in [-0.4, -0.2) is 30.5 Å². The quantitative estimate of drug-likeness (QED) is 0.525. The van der Waals surface area contributed by atoms with Crippen LogP contribution in [0, 0.1) is 0 Å². The monoisotopic (exact) mass is 236 g/mol. The molecule has 0 aromatic carbocycles. The normalized spacial score (nSPS) is 15.4. The Balaban J connectivity index is 4.31. The summed E-state index contributed by atoms with van der Waals surface area (Å²) in [6.07, 6.45) is -0.0809. The molecule has 0 heterocycles. The third kappa shape index (κ3) is 6.69. The lowest BCUT2D eigenvalue weighted by atomic mass is 10.5. The Morgan fingerprint density at radius 3 is 2.07 bits per heavy atom. The van der Waals surface area contributed by atoms with Gasteiger partial charge in [0, 0.05) is 6.16 Å². The highest BCUT2D eigenvalue weighted by Crippen LogP contribution is 2.47. The van der Waals surface area contributed by atoms with Gasteiger partial charge in [0.05, 0.1) is 12.2 Å². The topological polar surface area (TPSA) is 52.6 Å². The molecule has 1 unspecified atom stereocenters. The van der Waals surface area contributed by atoms with Crippen molar-refractivity contribution in [2.75, 3.05) is 12.3 Å². The number of ether oxygens (including phenoxy) is 1. The maximum Gasteiger partial charge on any atom is 0.315 e. The second kappa shape index (κ2) is 6.29. The molecule has 0 N–H and O–H groups in total. The third-order valence-electron chi connectivity index (χ3n) is 1.62. The smallest absolute Gasteiger partial charge is 0.315 e. The summed E-state index contributed by atoms with van der Waals surface area (Å²) in [6, 6.07) is 0. The van der Waals surface area contributed by atoms with E-state index in [1.165, 1.54) is 0 Å². The Morgan fingerprint density at radius 2 is 1.73 bits per heavy atom. The van der Waals surface area contributed by atoms with Crippen LogP contribution >= 0.6 is 7.37 Å². The number of carbonyl (C=O) groups excluding carboxylic acids is 1. The van der Waals surface area contributed by atoms with Crippen molar-refractivity contribution < 1.29 is 18.6 Å². The first-order valence-corrected chi connectivity index (χ1v) is 7.24. The zero-order valence-corrected chi connectivity index (χ0v) is 11.0. The Morgan fingerprint density at radius 1 is 1.20 bits per heavy atom. The van der Waals surface area contributed by atoms with E-state index >= 15 is 0 Å². The largest absolute Gasteiger partial charge is 0.463 e. The molecule has 90 valence electrons. The second-order valence-corrected chi connectivity index (χ2v) is 6.77. The molecule has 0 bridgehead atoms. The first-order chi connectivity index (χ1) is 6.79. The molecule has 1 atom stereocenters. The molecule has 0 rings (SSSR count). The molecule has 5 heteroatoms. The summed E-state index contributed by atoms with van der Waals surface area (Å²) in [7, 11) is -2.84. The van der Waals surface area contributed by atoms with Gasteiger partial charge in [-0.25, -0.2) is 0 Å².